The van der Waals surface area contributed by atoms with Crippen molar-refractivity contribution in [2.45, 2.75) is 65.6 Å². The highest BCUT2D eigenvalue weighted by Gasteiger charge is 2.25. The van der Waals surface area contributed by atoms with Crippen molar-refractivity contribution in [3.05, 3.63) is 0 Å². The highest BCUT2D eigenvalue weighted by atomic mass is 16.5. The van der Waals surface area contributed by atoms with Crippen molar-refractivity contribution in [2.75, 3.05) is 6.61 Å². The van der Waals surface area contributed by atoms with E-state index in [0.717, 1.165) is 6.61 Å². The predicted octanol–water partition coefficient (Wildman–Crippen LogP) is 2.82. The normalized spacial score (nSPS) is 29.8. The first-order chi connectivity index (χ1) is 7.00. The molecule has 3 unspecified atom stereocenters. The zero-order valence-corrected chi connectivity index (χ0v) is 10.9. The quantitative estimate of drug-likeness (QED) is 0.775. The smallest absolute Gasteiger partial charge is 0.0612 e. The zero-order valence-electron chi connectivity index (χ0n) is 10.9. The van der Waals surface area contributed by atoms with Gasteiger partial charge in [0.05, 0.1) is 6.10 Å². The summed E-state index contributed by atoms with van der Waals surface area (Å²) in [5.41, 5.74) is 0. The summed E-state index contributed by atoms with van der Waals surface area (Å²) in [6, 6.07) is 1.27. The van der Waals surface area contributed by atoms with Crippen LogP contribution in [0.1, 0.15) is 47.5 Å². The van der Waals surface area contributed by atoms with Crippen LogP contribution in [0.5, 0.6) is 0 Å². The van der Waals surface area contributed by atoms with Gasteiger partial charge in [0.25, 0.3) is 0 Å². The second kappa shape index (κ2) is 5.86. The molecule has 3 atom stereocenters. The number of nitrogens with one attached hydrogen (secondary N) is 1. The zero-order chi connectivity index (χ0) is 11.4. The molecule has 0 saturated carbocycles. The summed E-state index contributed by atoms with van der Waals surface area (Å²) in [7, 11) is 0. The molecule has 0 aromatic rings. The molecule has 0 amide bonds. The standard InChI is InChI=1S/C13H27NO/c1-9(2)11(5)14-12-6-7-15-13(8-12)10(3)4/h9-14H,6-8H2,1-5H3. The van der Waals surface area contributed by atoms with Crippen LogP contribution in [0.3, 0.4) is 0 Å². The predicted molar refractivity (Wildman–Crippen MR) is 65.0 cm³/mol. The van der Waals surface area contributed by atoms with Gasteiger partial charge in [0.2, 0.25) is 0 Å². The highest BCUT2D eigenvalue weighted by molar-refractivity contribution is 4.81. The van der Waals surface area contributed by atoms with Crippen LogP contribution in [-0.4, -0.2) is 24.8 Å². The van der Waals surface area contributed by atoms with Gasteiger partial charge in [-0.2, -0.15) is 0 Å². The monoisotopic (exact) mass is 213 g/mol. The van der Waals surface area contributed by atoms with E-state index in [0.29, 0.717) is 30.0 Å². The van der Waals surface area contributed by atoms with E-state index in [-0.39, 0.29) is 0 Å². The lowest BCUT2D eigenvalue weighted by atomic mass is 9.94. The van der Waals surface area contributed by atoms with E-state index in [2.05, 4.69) is 39.9 Å². The van der Waals surface area contributed by atoms with Gasteiger partial charge in [0, 0.05) is 18.7 Å². The van der Waals surface area contributed by atoms with E-state index in [1.54, 1.807) is 0 Å². The Hall–Kier alpha value is -0.0800. The largest absolute Gasteiger partial charge is 0.378 e. The van der Waals surface area contributed by atoms with E-state index in [1.165, 1.54) is 12.8 Å². The van der Waals surface area contributed by atoms with Gasteiger partial charge in [-0.15, -0.1) is 0 Å². The van der Waals surface area contributed by atoms with Gasteiger partial charge in [-0.3, -0.25) is 0 Å². The van der Waals surface area contributed by atoms with Gasteiger partial charge in [-0.05, 0) is 31.6 Å². The average Bonchev–Trinajstić information content (AvgIpc) is 2.18. The third-order valence-corrected chi connectivity index (χ3v) is 3.56. The van der Waals surface area contributed by atoms with Gasteiger partial charge in [-0.25, -0.2) is 0 Å². The topological polar surface area (TPSA) is 21.3 Å². The number of hydrogen-bond donors (Lipinski definition) is 1. The number of hydrogen-bond acceptors (Lipinski definition) is 2. The molecule has 0 aromatic heterocycles. The van der Waals surface area contributed by atoms with Crippen molar-refractivity contribution in [3.63, 3.8) is 0 Å². The Morgan fingerprint density at radius 1 is 1.13 bits per heavy atom. The molecule has 0 aliphatic carbocycles. The first-order valence-electron chi connectivity index (χ1n) is 6.38. The van der Waals surface area contributed by atoms with E-state index < -0.39 is 0 Å². The third kappa shape index (κ3) is 4.12. The molecule has 1 fully saturated rings. The fourth-order valence-electron chi connectivity index (χ4n) is 2.01. The minimum absolute atomic E-state index is 0.454. The maximum atomic E-state index is 5.77. The lowest BCUT2D eigenvalue weighted by Gasteiger charge is -2.34. The van der Waals surface area contributed by atoms with Crippen LogP contribution in [0.25, 0.3) is 0 Å². The molecule has 0 radical (unpaired) electrons. The summed E-state index contributed by atoms with van der Waals surface area (Å²) in [6.07, 6.45) is 2.80. The van der Waals surface area contributed by atoms with E-state index in [9.17, 15) is 0 Å². The van der Waals surface area contributed by atoms with Crippen LogP contribution in [0, 0.1) is 11.8 Å². The Labute approximate surface area is 94.8 Å². The average molecular weight is 213 g/mol. The molecule has 0 aromatic carbocycles. The molecule has 1 saturated heterocycles. The molecular formula is C13H27NO. The Bertz CT molecular complexity index is 177. The number of ether oxygens (including phenoxy) is 1. The Kier molecular flexibility index (Phi) is 5.07. The first-order valence-corrected chi connectivity index (χ1v) is 6.38. The van der Waals surface area contributed by atoms with Crippen molar-refractivity contribution in [2.24, 2.45) is 11.8 Å². The van der Waals surface area contributed by atoms with E-state index >= 15 is 0 Å². The lowest BCUT2D eigenvalue weighted by molar-refractivity contribution is -0.0263. The molecule has 2 nitrogen and oxygen atoms in total. The van der Waals surface area contributed by atoms with Gasteiger partial charge >= 0.3 is 0 Å². The van der Waals surface area contributed by atoms with Crippen LogP contribution in [0.4, 0.5) is 0 Å². The minimum atomic E-state index is 0.454. The molecule has 1 aliphatic rings. The van der Waals surface area contributed by atoms with Crippen molar-refractivity contribution in [3.8, 4) is 0 Å². The van der Waals surface area contributed by atoms with Crippen molar-refractivity contribution in [1.29, 1.82) is 0 Å². The van der Waals surface area contributed by atoms with Crippen LogP contribution in [-0.2, 0) is 4.74 Å². The molecule has 0 bridgehead atoms. The fourth-order valence-corrected chi connectivity index (χ4v) is 2.01. The minimum Gasteiger partial charge on any atom is -0.378 e. The summed E-state index contributed by atoms with van der Waals surface area (Å²) in [5.74, 6) is 1.36. The van der Waals surface area contributed by atoms with Crippen LogP contribution in [0.15, 0.2) is 0 Å². The molecule has 1 aliphatic heterocycles. The van der Waals surface area contributed by atoms with Gasteiger partial charge < -0.3 is 10.1 Å². The summed E-state index contributed by atoms with van der Waals surface area (Å²) in [5, 5.41) is 3.72. The maximum Gasteiger partial charge on any atom is 0.0612 e. The summed E-state index contributed by atoms with van der Waals surface area (Å²) >= 11 is 0. The van der Waals surface area contributed by atoms with Crippen molar-refractivity contribution >= 4 is 0 Å². The van der Waals surface area contributed by atoms with Crippen molar-refractivity contribution < 1.29 is 4.74 Å². The maximum absolute atomic E-state index is 5.77. The van der Waals surface area contributed by atoms with E-state index in [1.807, 2.05) is 0 Å². The summed E-state index contributed by atoms with van der Waals surface area (Å²) < 4.78 is 5.77. The van der Waals surface area contributed by atoms with Gasteiger partial charge in [0.15, 0.2) is 0 Å². The Morgan fingerprint density at radius 2 is 1.80 bits per heavy atom. The molecule has 15 heavy (non-hydrogen) atoms. The fraction of sp³-hybridized carbons (Fsp3) is 1.00. The molecule has 0 spiro atoms. The van der Waals surface area contributed by atoms with Crippen LogP contribution >= 0.6 is 0 Å². The summed E-state index contributed by atoms with van der Waals surface area (Å²) in [4.78, 5) is 0. The Balaban J connectivity index is 2.36. The second-order valence-electron chi connectivity index (χ2n) is 5.57. The first kappa shape index (κ1) is 13.0. The molecule has 90 valence electrons. The Morgan fingerprint density at radius 3 is 2.33 bits per heavy atom. The highest BCUT2D eigenvalue weighted by Crippen LogP contribution is 2.21. The van der Waals surface area contributed by atoms with Gasteiger partial charge in [-0.1, -0.05) is 27.7 Å². The summed E-state index contributed by atoms with van der Waals surface area (Å²) in [6.45, 7) is 12.3. The van der Waals surface area contributed by atoms with Gasteiger partial charge in [0.1, 0.15) is 0 Å². The SMILES string of the molecule is CC(C)C(C)NC1CCOC(C(C)C)C1. The third-order valence-electron chi connectivity index (χ3n) is 3.56. The lowest BCUT2D eigenvalue weighted by Crippen LogP contribution is -2.45. The van der Waals surface area contributed by atoms with Crippen LogP contribution in [0.2, 0.25) is 0 Å². The van der Waals surface area contributed by atoms with Crippen LogP contribution < -0.4 is 5.32 Å². The molecule has 1 rings (SSSR count). The number of rotatable bonds is 4. The van der Waals surface area contributed by atoms with E-state index in [4.69, 9.17) is 4.74 Å². The molecular weight excluding hydrogens is 186 g/mol. The molecule has 1 heterocycles. The second-order valence-corrected chi connectivity index (χ2v) is 5.57. The van der Waals surface area contributed by atoms with Crippen molar-refractivity contribution in [1.82, 2.24) is 5.32 Å². The molecule has 1 N–H and O–H groups in total. The molecule has 2 heteroatoms.